The van der Waals surface area contributed by atoms with Crippen LogP contribution in [0.4, 0.5) is 0 Å². The average Bonchev–Trinajstić information content (AvgIpc) is 3.51. The summed E-state index contributed by atoms with van der Waals surface area (Å²) < 4.78 is 11.6. The third-order valence-electron chi connectivity index (χ3n) is 4.59. The number of ether oxygens (including phenoxy) is 2. The molecule has 0 aliphatic carbocycles. The minimum atomic E-state index is -0.203. The van der Waals surface area contributed by atoms with Crippen molar-refractivity contribution < 1.29 is 14.3 Å². The van der Waals surface area contributed by atoms with Gasteiger partial charge in [0.05, 0.1) is 36.6 Å². The minimum absolute atomic E-state index is 0.0702. The number of methoxy groups -OCH3 is 2. The highest BCUT2D eigenvalue weighted by atomic mass is 32.2. The van der Waals surface area contributed by atoms with Gasteiger partial charge in [0.2, 0.25) is 0 Å². The van der Waals surface area contributed by atoms with E-state index in [1.54, 1.807) is 30.6 Å². The van der Waals surface area contributed by atoms with E-state index in [1.165, 1.54) is 23.1 Å². The van der Waals surface area contributed by atoms with Crippen LogP contribution in [-0.4, -0.2) is 46.8 Å². The molecule has 0 spiro atoms. The van der Waals surface area contributed by atoms with E-state index in [4.69, 9.17) is 14.6 Å². The monoisotopic (exact) mass is 460 g/mol. The van der Waals surface area contributed by atoms with Gasteiger partial charge in [-0.05, 0) is 36.1 Å². The van der Waals surface area contributed by atoms with Crippen LogP contribution in [0.3, 0.4) is 0 Å². The molecule has 10 heteroatoms. The first kappa shape index (κ1) is 20.8. The number of benzene rings is 1. The molecular weight excluding hydrogens is 440 g/mol. The maximum atomic E-state index is 13.1. The van der Waals surface area contributed by atoms with E-state index in [1.807, 2.05) is 42.6 Å². The first-order valence-corrected chi connectivity index (χ1v) is 11.9. The zero-order valence-electron chi connectivity index (χ0n) is 16.7. The molecule has 3 heterocycles. The number of aromatic nitrogens is 2. The van der Waals surface area contributed by atoms with Crippen LogP contribution in [-0.2, 0) is 4.79 Å². The molecular formula is C20H20N4O3S3. The number of carbonyl (C=O) groups is 1. The van der Waals surface area contributed by atoms with Gasteiger partial charge in [-0.25, -0.2) is 5.01 Å². The molecule has 2 aromatic heterocycles. The summed E-state index contributed by atoms with van der Waals surface area (Å²) in [5.41, 5.74) is 1.86. The Kier molecular flexibility index (Phi) is 6.35. The Morgan fingerprint density at radius 1 is 1.23 bits per heavy atom. The van der Waals surface area contributed by atoms with Crippen LogP contribution >= 0.6 is 34.4 Å². The van der Waals surface area contributed by atoms with Gasteiger partial charge in [-0.1, -0.05) is 35.2 Å². The lowest BCUT2D eigenvalue weighted by Gasteiger charge is -2.22. The number of amides is 1. The molecule has 1 amide bonds. The molecule has 7 nitrogen and oxygen atoms in total. The molecule has 3 aromatic rings. The summed E-state index contributed by atoms with van der Waals surface area (Å²) in [6, 6.07) is 9.55. The quantitative estimate of drug-likeness (QED) is 0.487. The fourth-order valence-corrected chi connectivity index (χ4v) is 5.57. The van der Waals surface area contributed by atoms with E-state index >= 15 is 0 Å². The minimum Gasteiger partial charge on any atom is -0.493 e. The highest BCUT2D eigenvalue weighted by Crippen LogP contribution is 2.38. The normalized spacial score (nSPS) is 15.9. The summed E-state index contributed by atoms with van der Waals surface area (Å²) in [4.78, 5) is 14.2. The topological polar surface area (TPSA) is 76.9 Å². The van der Waals surface area contributed by atoms with E-state index in [0.29, 0.717) is 17.9 Å². The van der Waals surface area contributed by atoms with Crippen LogP contribution in [0.5, 0.6) is 11.5 Å². The molecule has 1 aromatic carbocycles. The van der Waals surface area contributed by atoms with Gasteiger partial charge < -0.3 is 9.47 Å². The third-order valence-corrected chi connectivity index (χ3v) is 7.47. The number of rotatable bonds is 7. The number of carbonyl (C=O) groups excluding carboxylic acids is 1. The lowest BCUT2D eigenvalue weighted by Crippen LogP contribution is -2.28. The molecule has 0 radical (unpaired) electrons. The Labute approximate surface area is 186 Å². The SMILES string of the molecule is COc1ccc([C@H]2CC(c3cccs3)=NN2C(=O)CSc2nnc(C)s2)cc1OC. The van der Waals surface area contributed by atoms with Crippen LogP contribution < -0.4 is 9.47 Å². The van der Waals surface area contributed by atoms with Gasteiger partial charge in [0, 0.05) is 6.42 Å². The lowest BCUT2D eigenvalue weighted by atomic mass is 10.0. The third kappa shape index (κ3) is 4.35. The van der Waals surface area contributed by atoms with Gasteiger partial charge in [-0.2, -0.15) is 5.10 Å². The molecule has 0 unspecified atom stereocenters. The van der Waals surface area contributed by atoms with Gasteiger partial charge in [-0.3, -0.25) is 4.79 Å². The first-order valence-electron chi connectivity index (χ1n) is 9.17. The summed E-state index contributed by atoms with van der Waals surface area (Å²) in [5, 5.41) is 17.3. The smallest absolute Gasteiger partial charge is 0.253 e. The van der Waals surface area contributed by atoms with Crippen LogP contribution in [0.25, 0.3) is 0 Å². The predicted molar refractivity (Wildman–Crippen MR) is 120 cm³/mol. The van der Waals surface area contributed by atoms with E-state index in [9.17, 15) is 4.79 Å². The second kappa shape index (κ2) is 9.15. The molecule has 1 atom stereocenters. The van der Waals surface area contributed by atoms with Crippen molar-refractivity contribution in [2.75, 3.05) is 20.0 Å². The van der Waals surface area contributed by atoms with E-state index in [2.05, 4.69) is 10.2 Å². The molecule has 156 valence electrons. The van der Waals surface area contributed by atoms with Gasteiger partial charge in [0.25, 0.3) is 5.91 Å². The number of thiophene rings is 1. The molecule has 0 N–H and O–H groups in total. The molecule has 0 saturated carbocycles. The zero-order chi connectivity index (χ0) is 21.1. The van der Waals surface area contributed by atoms with E-state index in [-0.39, 0.29) is 17.7 Å². The molecule has 1 aliphatic heterocycles. The van der Waals surface area contributed by atoms with E-state index in [0.717, 1.165) is 25.5 Å². The van der Waals surface area contributed by atoms with Crippen molar-refractivity contribution in [3.63, 3.8) is 0 Å². The standard InChI is InChI=1S/C20H20N4O3S3/c1-12-21-22-20(30-12)29-11-19(25)24-15(10-14(23-24)18-5-4-8-28-18)13-6-7-16(26-2)17(9-13)27-3/h4-9,15H,10-11H2,1-3H3/t15-/m1/s1. The Balaban J connectivity index is 1.60. The summed E-state index contributed by atoms with van der Waals surface area (Å²) in [5.74, 6) is 1.46. The Bertz CT molecular complexity index is 1070. The second-order valence-corrected chi connectivity index (χ2v) is 9.82. The molecule has 30 heavy (non-hydrogen) atoms. The van der Waals surface area contributed by atoms with Crippen molar-refractivity contribution in [1.82, 2.24) is 15.2 Å². The van der Waals surface area contributed by atoms with Crippen LogP contribution in [0.2, 0.25) is 0 Å². The number of aryl methyl sites for hydroxylation is 1. The van der Waals surface area contributed by atoms with Crippen molar-refractivity contribution >= 4 is 46.1 Å². The second-order valence-electron chi connectivity index (χ2n) is 6.47. The Morgan fingerprint density at radius 2 is 2.07 bits per heavy atom. The lowest BCUT2D eigenvalue weighted by molar-refractivity contribution is -0.130. The molecule has 0 saturated heterocycles. The Hall–Kier alpha value is -2.43. The largest absolute Gasteiger partial charge is 0.493 e. The molecule has 1 aliphatic rings. The zero-order valence-corrected chi connectivity index (χ0v) is 19.1. The van der Waals surface area contributed by atoms with Gasteiger partial charge in [0.15, 0.2) is 15.8 Å². The van der Waals surface area contributed by atoms with Gasteiger partial charge in [0.1, 0.15) is 5.01 Å². The highest BCUT2D eigenvalue weighted by molar-refractivity contribution is 8.01. The molecule has 0 bridgehead atoms. The number of hydrazone groups is 1. The van der Waals surface area contributed by atoms with Crippen LogP contribution in [0, 0.1) is 6.92 Å². The summed E-state index contributed by atoms with van der Waals surface area (Å²) in [6.45, 7) is 1.90. The highest BCUT2D eigenvalue weighted by Gasteiger charge is 2.34. The summed E-state index contributed by atoms with van der Waals surface area (Å²) in [7, 11) is 3.21. The van der Waals surface area contributed by atoms with Crippen molar-refractivity contribution in [3.8, 4) is 11.5 Å². The number of hydrogen-bond donors (Lipinski definition) is 0. The predicted octanol–water partition coefficient (Wildman–Crippen LogP) is 4.40. The molecule has 0 fully saturated rings. The van der Waals surface area contributed by atoms with Crippen molar-refractivity contribution in [2.24, 2.45) is 5.10 Å². The Morgan fingerprint density at radius 3 is 2.73 bits per heavy atom. The fraction of sp³-hybridized carbons (Fsp3) is 0.300. The average molecular weight is 461 g/mol. The van der Waals surface area contributed by atoms with Gasteiger partial charge in [-0.15, -0.1) is 21.5 Å². The van der Waals surface area contributed by atoms with Crippen molar-refractivity contribution in [1.29, 1.82) is 0 Å². The molecule has 4 rings (SSSR count). The van der Waals surface area contributed by atoms with Crippen molar-refractivity contribution in [2.45, 2.75) is 23.7 Å². The maximum absolute atomic E-state index is 13.1. The van der Waals surface area contributed by atoms with E-state index < -0.39 is 0 Å². The van der Waals surface area contributed by atoms with Crippen molar-refractivity contribution in [3.05, 3.63) is 51.2 Å². The summed E-state index contributed by atoms with van der Waals surface area (Å²) in [6.07, 6.45) is 0.643. The fourth-order valence-electron chi connectivity index (χ4n) is 3.18. The van der Waals surface area contributed by atoms with Crippen LogP contribution in [0.15, 0.2) is 45.2 Å². The maximum Gasteiger partial charge on any atom is 0.253 e. The van der Waals surface area contributed by atoms with Crippen LogP contribution in [0.1, 0.15) is 27.9 Å². The number of thioether (sulfide) groups is 1. The van der Waals surface area contributed by atoms with Gasteiger partial charge >= 0.3 is 0 Å². The first-order chi connectivity index (χ1) is 14.6. The number of nitrogens with zero attached hydrogens (tertiary/aromatic N) is 4. The summed E-state index contributed by atoms with van der Waals surface area (Å²) >= 11 is 4.49. The number of hydrogen-bond acceptors (Lipinski definition) is 9.